The van der Waals surface area contributed by atoms with Crippen molar-refractivity contribution in [3.63, 3.8) is 0 Å². The molecule has 0 bridgehead atoms. The molecular formula is C18H23N3O3. The van der Waals surface area contributed by atoms with Gasteiger partial charge < -0.3 is 14.8 Å². The second kappa shape index (κ2) is 6.19. The lowest BCUT2D eigenvalue weighted by Gasteiger charge is -2.20. The molecule has 24 heavy (non-hydrogen) atoms. The van der Waals surface area contributed by atoms with Gasteiger partial charge in [0.1, 0.15) is 0 Å². The Balaban J connectivity index is 1.60. The van der Waals surface area contributed by atoms with E-state index in [1.165, 1.54) is 0 Å². The molecule has 1 atom stereocenters. The SMILES string of the molecule is CC[C@]1(C)Oc2ccc(NC(=O)CCc3cnn(C)c3C)cc2O1. The Bertz CT molecular complexity index is 769. The molecule has 128 valence electrons. The summed E-state index contributed by atoms with van der Waals surface area (Å²) in [6.07, 6.45) is 3.64. The maximum absolute atomic E-state index is 12.2. The summed E-state index contributed by atoms with van der Waals surface area (Å²) in [7, 11) is 1.90. The zero-order valence-corrected chi connectivity index (χ0v) is 14.5. The largest absolute Gasteiger partial charge is 0.449 e. The highest BCUT2D eigenvalue weighted by Crippen LogP contribution is 2.42. The number of nitrogens with one attached hydrogen (secondary N) is 1. The predicted molar refractivity (Wildman–Crippen MR) is 91.3 cm³/mol. The van der Waals surface area contributed by atoms with Crippen molar-refractivity contribution in [2.24, 2.45) is 7.05 Å². The van der Waals surface area contributed by atoms with Crippen LogP contribution in [-0.4, -0.2) is 21.5 Å². The van der Waals surface area contributed by atoms with Gasteiger partial charge >= 0.3 is 0 Å². The van der Waals surface area contributed by atoms with Gasteiger partial charge in [0.15, 0.2) is 11.5 Å². The van der Waals surface area contributed by atoms with E-state index in [0.29, 0.717) is 30.0 Å². The summed E-state index contributed by atoms with van der Waals surface area (Å²) in [6.45, 7) is 5.92. The molecule has 1 aliphatic heterocycles. The molecule has 6 nitrogen and oxygen atoms in total. The molecule has 0 saturated carbocycles. The van der Waals surface area contributed by atoms with Gasteiger partial charge in [0.2, 0.25) is 11.7 Å². The predicted octanol–water partition coefficient (Wildman–Crippen LogP) is 3.20. The summed E-state index contributed by atoms with van der Waals surface area (Å²) in [6, 6.07) is 5.47. The Morgan fingerprint density at radius 2 is 2.08 bits per heavy atom. The normalized spacial score (nSPS) is 18.7. The van der Waals surface area contributed by atoms with Crippen LogP contribution < -0.4 is 14.8 Å². The molecule has 1 N–H and O–H groups in total. The van der Waals surface area contributed by atoms with Crippen molar-refractivity contribution < 1.29 is 14.3 Å². The van der Waals surface area contributed by atoms with Crippen LogP contribution in [0, 0.1) is 6.92 Å². The fourth-order valence-electron chi connectivity index (χ4n) is 2.64. The van der Waals surface area contributed by atoms with Gasteiger partial charge in [-0.3, -0.25) is 9.48 Å². The van der Waals surface area contributed by atoms with Crippen LogP contribution in [-0.2, 0) is 18.3 Å². The number of benzene rings is 1. The average molecular weight is 329 g/mol. The van der Waals surface area contributed by atoms with Crippen LogP contribution in [0.25, 0.3) is 0 Å². The number of hydrogen-bond acceptors (Lipinski definition) is 4. The van der Waals surface area contributed by atoms with Crippen molar-refractivity contribution in [3.05, 3.63) is 35.7 Å². The first-order chi connectivity index (χ1) is 11.4. The highest BCUT2D eigenvalue weighted by Gasteiger charge is 2.34. The minimum Gasteiger partial charge on any atom is -0.449 e. The van der Waals surface area contributed by atoms with E-state index in [4.69, 9.17) is 9.47 Å². The molecule has 0 radical (unpaired) electrons. The van der Waals surface area contributed by atoms with Crippen molar-refractivity contribution in [1.82, 2.24) is 9.78 Å². The number of amides is 1. The molecule has 0 spiro atoms. The molecule has 1 aliphatic rings. The van der Waals surface area contributed by atoms with Gasteiger partial charge in [-0.25, -0.2) is 0 Å². The van der Waals surface area contributed by atoms with Crippen LogP contribution in [0.3, 0.4) is 0 Å². The molecule has 0 unspecified atom stereocenters. The molecular weight excluding hydrogens is 306 g/mol. The van der Waals surface area contributed by atoms with Crippen LogP contribution in [0.4, 0.5) is 5.69 Å². The number of carbonyl (C=O) groups excluding carboxylic acids is 1. The zero-order chi connectivity index (χ0) is 17.3. The molecule has 1 aromatic carbocycles. The summed E-state index contributed by atoms with van der Waals surface area (Å²) in [5.74, 6) is 0.724. The molecule has 2 aromatic rings. The first kappa shape index (κ1) is 16.4. The summed E-state index contributed by atoms with van der Waals surface area (Å²) in [5, 5.41) is 7.11. The quantitative estimate of drug-likeness (QED) is 0.915. The van der Waals surface area contributed by atoms with Gasteiger partial charge in [-0.1, -0.05) is 6.92 Å². The summed E-state index contributed by atoms with van der Waals surface area (Å²) in [5.41, 5.74) is 2.90. The number of rotatable bonds is 5. The lowest BCUT2D eigenvalue weighted by Crippen LogP contribution is -2.33. The topological polar surface area (TPSA) is 65.4 Å². The van der Waals surface area contributed by atoms with E-state index in [0.717, 1.165) is 17.7 Å². The molecule has 2 heterocycles. The smallest absolute Gasteiger partial charge is 0.248 e. The fourth-order valence-corrected chi connectivity index (χ4v) is 2.64. The number of nitrogens with zero attached hydrogens (tertiary/aromatic N) is 2. The standard InChI is InChI=1S/C18H23N3O3/c1-5-18(3)23-15-8-7-14(10-16(15)24-18)20-17(22)9-6-13-11-19-21(4)12(13)2/h7-8,10-11H,5-6,9H2,1-4H3,(H,20,22)/t18-/m1/s1. The minimum absolute atomic E-state index is 0.0321. The van der Waals surface area contributed by atoms with E-state index in [1.807, 2.05) is 56.9 Å². The number of hydrogen-bond donors (Lipinski definition) is 1. The third kappa shape index (κ3) is 3.22. The van der Waals surface area contributed by atoms with Gasteiger partial charge in [0.25, 0.3) is 0 Å². The minimum atomic E-state index is -0.622. The van der Waals surface area contributed by atoms with E-state index >= 15 is 0 Å². The number of carbonyl (C=O) groups is 1. The highest BCUT2D eigenvalue weighted by atomic mass is 16.7. The van der Waals surface area contributed by atoms with Crippen LogP contribution in [0.1, 0.15) is 37.9 Å². The van der Waals surface area contributed by atoms with Crippen molar-refractivity contribution in [3.8, 4) is 11.5 Å². The highest BCUT2D eigenvalue weighted by molar-refractivity contribution is 5.91. The average Bonchev–Trinajstić information content (AvgIpc) is 3.05. The molecule has 1 amide bonds. The van der Waals surface area contributed by atoms with Gasteiger partial charge in [0, 0.05) is 44.3 Å². The van der Waals surface area contributed by atoms with Gasteiger partial charge in [-0.15, -0.1) is 0 Å². The van der Waals surface area contributed by atoms with Crippen molar-refractivity contribution in [1.29, 1.82) is 0 Å². The molecule has 0 saturated heterocycles. The Labute approximate surface area is 141 Å². The van der Waals surface area contributed by atoms with Gasteiger partial charge in [0.05, 0.1) is 6.20 Å². The van der Waals surface area contributed by atoms with E-state index in [2.05, 4.69) is 10.4 Å². The number of anilines is 1. The second-order valence-corrected chi connectivity index (χ2v) is 6.28. The molecule has 0 fully saturated rings. The van der Waals surface area contributed by atoms with E-state index in [-0.39, 0.29) is 5.91 Å². The Hall–Kier alpha value is -2.50. The lowest BCUT2D eigenvalue weighted by atomic mass is 10.1. The third-order valence-electron chi connectivity index (χ3n) is 4.48. The number of ether oxygens (including phenoxy) is 2. The Morgan fingerprint density at radius 3 is 2.75 bits per heavy atom. The van der Waals surface area contributed by atoms with Crippen LogP contribution >= 0.6 is 0 Å². The summed E-state index contributed by atoms with van der Waals surface area (Å²) >= 11 is 0. The van der Waals surface area contributed by atoms with Crippen molar-refractivity contribution in [2.75, 3.05) is 5.32 Å². The maximum Gasteiger partial charge on any atom is 0.248 e. The monoisotopic (exact) mass is 329 g/mol. The number of aromatic nitrogens is 2. The Kier molecular flexibility index (Phi) is 4.22. The molecule has 6 heteroatoms. The van der Waals surface area contributed by atoms with E-state index in [1.54, 1.807) is 0 Å². The maximum atomic E-state index is 12.2. The first-order valence-electron chi connectivity index (χ1n) is 8.19. The number of aryl methyl sites for hydroxylation is 2. The first-order valence-corrected chi connectivity index (χ1v) is 8.19. The summed E-state index contributed by atoms with van der Waals surface area (Å²) < 4.78 is 13.4. The zero-order valence-electron chi connectivity index (χ0n) is 14.5. The molecule has 1 aromatic heterocycles. The number of fused-ring (bicyclic) bond motifs is 1. The van der Waals surface area contributed by atoms with Crippen LogP contribution in [0.2, 0.25) is 0 Å². The van der Waals surface area contributed by atoms with Gasteiger partial charge in [-0.05, 0) is 31.0 Å². The molecule has 0 aliphatic carbocycles. The Morgan fingerprint density at radius 1 is 1.33 bits per heavy atom. The van der Waals surface area contributed by atoms with E-state index < -0.39 is 5.79 Å². The van der Waals surface area contributed by atoms with Crippen molar-refractivity contribution in [2.45, 2.75) is 45.8 Å². The van der Waals surface area contributed by atoms with Gasteiger partial charge in [-0.2, -0.15) is 5.10 Å². The van der Waals surface area contributed by atoms with Crippen LogP contribution in [0.5, 0.6) is 11.5 Å². The summed E-state index contributed by atoms with van der Waals surface area (Å²) in [4.78, 5) is 12.2. The fraction of sp³-hybridized carbons (Fsp3) is 0.444. The second-order valence-electron chi connectivity index (χ2n) is 6.28. The third-order valence-corrected chi connectivity index (χ3v) is 4.48. The van der Waals surface area contributed by atoms with E-state index in [9.17, 15) is 4.79 Å². The lowest BCUT2D eigenvalue weighted by molar-refractivity contribution is -0.116. The van der Waals surface area contributed by atoms with Crippen molar-refractivity contribution >= 4 is 11.6 Å². The molecule has 3 rings (SSSR count). The van der Waals surface area contributed by atoms with Crippen LogP contribution in [0.15, 0.2) is 24.4 Å².